The number of unbranched alkanes of at least 4 members (excludes halogenated alkanes) is 33. The fourth-order valence-electron chi connectivity index (χ4n) is 9.68. The Morgan fingerprint density at radius 1 is 0.468 bits per heavy atom. The Morgan fingerprint density at radius 3 is 1.32 bits per heavy atom. The zero-order chi connectivity index (χ0) is 55.9. The van der Waals surface area contributed by atoms with Gasteiger partial charge in [-0.05, 0) is 103 Å². The number of aliphatic hydroxyl groups is 5. The highest BCUT2D eigenvalue weighted by atomic mass is 16.7. The van der Waals surface area contributed by atoms with Crippen molar-refractivity contribution >= 4 is 11.9 Å². The third kappa shape index (κ3) is 44.8. The Hall–Kier alpha value is -2.64. The molecule has 1 rings (SSSR count). The number of carbonyl (C=O) groups excluding carboxylic acids is 2. The van der Waals surface area contributed by atoms with E-state index in [1.165, 1.54) is 173 Å². The van der Waals surface area contributed by atoms with Crippen LogP contribution in [0.1, 0.15) is 284 Å². The molecule has 77 heavy (non-hydrogen) atoms. The molecule has 448 valence electrons. The predicted octanol–water partition coefficient (Wildman–Crippen LogP) is 15.4. The van der Waals surface area contributed by atoms with Crippen molar-refractivity contribution in [1.29, 1.82) is 0 Å². The molecular weight excluding hydrogens is 967 g/mol. The molecule has 1 aliphatic heterocycles. The molecule has 0 radical (unpaired) electrons. The number of ether oxygens (including phenoxy) is 3. The van der Waals surface area contributed by atoms with Gasteiger partial charge in [0.05, 0.1) is 32.0 Å². The van der Waals surface area contributed by atoms with Crippen molar-refractivity contribution in [3.8, 4) is 0 Å². The number of esters is 1. The number of carbonyl (C=O) groups is 2. The third-order valence-electron chi connectivity index (χ3n) is 14.8. The van der Waals surface area contributed by atoms with E-state index in [1.54, 1.807) is 6.08 Å². The number of hydrogen-bond donors (Lipinski definition) is 6. The maximum absolute atomic E-state index is 13.0. The summed E-state index contributed by atoms with van der Waals surface area (Å²) in [6.07, 6.45) is 61.8. The van der Waals surface area contributed by atoms with Crippen LogP contribution >= 0.6 is 0 Å². The van der Waals surface area contributed by atoms with Crippen molar-refractivity contribution in [3.05, 3.63) is 60.8 Å². The smallest absolute Gasteiger partial charge is 0.305 e. The molecule has 0 saturated carbocycles. The second kappa shape index (κ2) is 55.3. The minimum atomic E-state index is -1.58. The first-order valence-corrected chi connectivity index (χ1v) is 32.1. The number of hydrogen-bond acceptors (Lipinski definition) is 10. The lowest BCUT2D eigenvalue weighted by molar-refractivity contribution is -0.302. The van der Waals surface area contributed by atoms with Gasteiger partial charge in [0.2, 0.25) is 5.91 Å². The molecule has 0 spiro atoms. The number of allylic oxidation sites excluding steroid dienone is 9. The molecule has 11 heteroatoms. The lowest BCUT2D eigenvalue weighted by atomic mass is 9.99. The SMILES string of the molecule is CCCC/C=C\CCCCCCCC(=O)OCCCCCCCCCCCCCC/C=C\CCCCCCCCCCC(=O)NC(COC1OC(CO)C(O)C(O)C1O)C(O)/C=C/CC/C=C/CC/C=C/CCCCCC. The van der Waals surface area contributed by atoms with E-state index in [2.05, 4.69) is 67.8 Å². The van der Waals surface area contributed by atoms with E-state index < -0.39 is 49.5 Å². The van der Waals surface area contributed by atoms with Gasteiger partial charge in [-0.2, -0.15) is 0 Å². The van der Waals surface area contributed by atoms with Gasteiger partial charge in [-0.1, -0.05) is 229 Å². The molecule has 1 saturated heterocycles. The molecule has 7 unspecified atom stereocenters. The average molecular weight is 1090 g/mol. The standard InChI is InChI=1S/C66H119NO10/c1-3-5-7-9-11-13-15-16-29-33-36-40-44-48-52-59(69)58(57-76-66-65(74)64(73)63(72)60(56-68)77-66)67-61(70)53-49-45-41-37-34-30-27-25-23-21-19-17-18-20-22-24-26-28-31-35-39-43-47-51-55-75-62(71)54-50-46-42-38-32-14-12-10-8-6-4-2/h10,12-13,15,19,21,33,36,48,52,58-60,63-66,68-69,72-74H,3-9,11,14,16-18,20,22-32,34-35,37-47,49-51,53-57H2,1-2H3,(H,67,70)/b12-10-,15-13+,21-19-,36-33+,52-48+. The first-order valence-electron chi connectivity index (χ1n) is 32.1. The summed E-state index contributed by atoms with van der Waals surface area (Å²) in [5.74, 6) is -0.213. The Labute approximate surface area is 471 Å². The summed E-state index contributed by atoms with van der Waals surface area (Å²) in [6.45, 7) is 4.26. The van der Waals surface area contributed by atoms with Crippen LogP contribution in [0.3, 0.4) is 0 Å². The van der Waals surface area contributed by atoms with Gasteiger partial charge >= 0.3 is 5.97 Å². The molecule has 0 bridgehead atoms. The van der Waals surface area contributed by atoms with Crippen molar-refractivity contribution in [2.75, 3.05) is 19.8 Å². The fourth-order valence-corrected chi connectivity index (χ4v) is 9.68. The van der Waals surface area contributed by atoms with Crippen molar-refractivity contribution in [1.82, 2.24) is 5.32 Å². The summed E-state index contributed by atoms with van der Waals surface area (Å²) in [5.41, 5.74) is 0. The lowest BCUT2D eigenvalue weighted by Crippen LogP contribution is -2.60. The van der Waals surface area contributed by atoms with E-state index in [4.69, 9.17) is 14.2 Å². The normalized spacial score (nSPS) is 19.0. The molecule has 11 nitrogen and oxygen atoms in total. The molecular formula is C66H119NO10. The van der Waals surface area contributed by atoms with Crippen LogP contribution in [0.15, 0.2) is 60.8 Å². The van der Waals surface area contributed by atoms with E-state index in [-0.39, 0.29) is 18.5 Å². The summed E-state index contributed by atoms with van der Waals surface area (Å²) < 4.78 is 16.7. The third-order valence-corrected chi connectivity index (χ3v) is 14.8. The molecule has 0 aromatic heterocycles. The Balaban J connectivity index is 2.07. The molecule has 1 amide bonds. The van der Waals surface area contributed by atoms with Gasteiger partial charge < -0.3 is 45.1 Å². The van der Waals surface area contributed by atoms with Crippen molar-refractivity contribution in [2.24, 2.45) is 0 Å². The molecule has 7 atom stereocenters. The van der Waals surface area contributed by atoms with Crippen molar-refractivity contribution in [2.45, 2.75) is 326 Å². The minimum absolute atomic E-state index is 0.0110. The molecule has 0 aliphatic carbocycles. The average Bonchev–Trinajstić information content (AvgIpc) is 3.43. The molecule has 1 fully saturated rings. The quantitative estimate of drug-likeness (QED) is 0.0195. The topological polar surface area (TPSA) is 175 Å². The monoisotopic (exact) mass is 1090 g/mol. The predicted molar refractivity (Wildman–Crippen MR) is 320 cm³/mol. The van der Waals surface area contributed by atoms with E-state index in [1.807, 2.05) is 6.08 Å². The molecule has 0 aromatic carbocycles. The highest BCUT2D eigenvalue weighted by molar-refractivity contribution is 5.76. The van der Waals surface area contributed by atoms with Crippen LogP contribution in [-0.2, 0) is 23.8 Å². The number of amides is 1. The van der Waals surface area contributed by atoms with Gasteiger partial charge in [-0.3, -0.25) is 9.59 Å². The Kier molecular flexibility index (Phi) is 52.0. The fraction of sp³-hybridized carbons (Fsp3) is 0.818. The zero-order valence-corrected chi connectivity index (χ0v) is 49.4. The molecule has 1 heterocycles. The lowest BCUT2D eigenvalue weighted by Gasteiger charge is -2.40. The Morgan fingerprint density at radius 2 is 0.857 bits per heavy atom. The number of aliphatic hydroxyl groups excluding tert-OH is 5. The van der Waals surface area contributed by atoms with E-state index in [9.17, 15) is 35.1 Å². The van der Waals surface area contributed by atoms with Gasteiger partial charge in [0.1, 0.15) is 24.4 Å². The summed E-state index contributed by atoms with van der Waals surface area (Å²) in [7, 11) is 0. The van der Waals surface area contributed by atoms with Crippen LogP contribution in [0.5, 0.6) is 0 Å². The van der Waals surface area contributed by atoms with Crippen LogP contribution < -0.4 is 5.32 Å². The van der Waals surface area contributed by atoms with Crippen LogP contribution in [-0.4, -0.2) is 100 Å². The molecule has 0 aromatic rings. The molecule has 1 aliphatic rings. The van der Waals surface area contributed by atoms with Crippen LogP contribution in [0, 0.1) is 0 Å². The zero-order valence-electron chi connectivity index (χ0n) is 49.4. The van der Waals surface area contributed by atoms with Gasteiger partial charge in [-0.25, -0.2) is 0 Å². The summed E-state index contributed by atoms with van der Waals surface area (Å²) in [5, 5.41) is 54.4. The van der Waals surface area contributed by atoms with Gasteiger partial charge in [0.15, 0.2) is 6.29 Å². The summed E-state index contributed by atoms with van der Waals surface area (Å²) >= 11 is 0. The highest BCUT2D eigenvalue weighted by Gasteiger charge is 2.44. The van der Waals surface area contributed by atoms with Gasteiger partial charge in [-0.15, -0.1) is 0 Å². The van der Waals surface area contributed by atoms with Gasteiger partial charge in [0.25, 0.3) is 0 Å². The second-order valence-corrected chi connectivity index (χ2v) is 22.1. The van der Waals surface area contributed by atoms with Crippen molar-refractivity contribution in [3.63, 3.8) is 0 Å². The first-order chi connectivity index (χ1) is 37.7. The van der Waals surface area contributed by atoms with Crippen LogP contribution in [0.4, 0.5) is 0 Å². The maximum atomic E-state index is 13.0. The number of nitrogens with one attached hydrogen (secondary N) is 1. The van der Waals surface area contributed by atoms with E-state index in [0.29, 0.717) is 19.4 Å². The van der Waals surface area contributed by atoms with Gasteiger partial charge in [0, 0.05) is 12.8 Å². The van der Waals surface area contributed by atoms with Crippen LogP contribution in [0.2, 0.25) is 0 Å². The summed E-state index contributed by atoms with van der Waals surface area (Å²) in [6, 6.07) is -0.839. The number of rotatable bonds is 55. The van der Waals surface area contributed by atoms with E-state index >= 15 is 0 Å². The first kappa shape index (κ1) is 72.4. The highest BCUT2D eigenvalue weighted by Crippen LogP contribution is 2.23. The maximum Gasteiger partial charge on any atom is 0.305 e. The second-order valence-electron chi connectivity index (χ2n) is 22.1. The minimum Gasteiger partial charge on any atom is -0.466 e. The molecule has 6 N–H and O–H groups in total. The van der Waals surface area contributed by atoms with Crippen LogP contribution in [0.25, 0.3) is 0 Å². The largest absolute Gasteiger partial charge is 0.466 e. The van der Waals surface area contributed by atoms with Crippen molar-refractivity contribution < 1.29 is 49.3 Å². The van der Waals surface area contributed by atoms with E-state index in [0.717, 1.165) is 83.5 Å². The summed E-state index contributed by atoms with van der Waals surface area (Å²) in [4.78, 5) is 25.1. The Bertz CT molecular complexity index is 1460.